The van der Waals surface area contributed by atoms with Gasteiger partial charge in [0.1, 0.15) is 5.76 Å². The summed E-state index contributed by atoms with van der Waals surface area (Å²) in [4.78, 5) is 22.2. The first-order chi connectivity index (χ1) is 5.83. The number of allylic oxidation sites excluding steroid dienone is 1. The van der Waals surface area contributed by atoms with E-state index < -0.39 is 29.1 Å². The van der Waals surface area contributed by atoms with Crippen molar-refractivity contribution in [3.05, 3.63) is 11.3 Å². The lowest BCUT2D eigenvalue weighted by molar-refractivity contribution is -0.222. The zero-order chi connectivity index (χ0) is 10.2. The number of aliphatic hydroxyl groups excluding tert-OH is 1. The molecular formula is C8H10O5. The smallest absolute Gasteiger partial charge is 0.352 e. The van der Waals surface area contributed by atoms with Gasteiger partial charge in [-0.3, -0.25) is 0 Å². The lowest BCUT2D eigenvalue weighted by atomic mass is 10.2. The Morgan fingerprint density at radius 1 is 1.23 bits per heavy atom. The van der Waals surface area contributed by atoms with Gasteiger partial charge in [0.05, 0.1) is 0 Å². The average molecular weight is 186 g/mol. The first-order valence-electron chi connectivity index (χ1n) is 3.70. The van der Waals surface area contributed by atoms with E-state index in [2.05, 4.69) is 0 Å². The Morgan fingerprint density at radius 2 is 1.62 bits per heavy atom. The third kappa shape index (κ3) is 1.80. The van der Waals surface area contributed by atoms with E-state index in [0.29, 0.717) is 0 Å². The molecule has 0 aliphatic carbocycles. The van der Waals surface area contributed by atoms with Crippen molar-refractivity contribution in [2.45, 2.75) is 26.6 Å². The maximum absolute atomic E-state index is 11.1. The standard InChI is InChI=1S/C8H10O5/c1-4(9)5-6(10)12-8(2,3)13-7(5)11/h9H,1-3H3. The zero-order valence-corrected chi connectivity index (χ0v) is 7.58. The minimum atomic E-state index is -1.26. The fourth-order valence-corrected chi connectivity index (χ4v) is 0.948. The Bertz CT molecular complexity index is 274. The van der Waals surface area contributed by atoms with E-state index in [1.165, 1.54) is 20.8 Å². The van der Waals surface area contributed by atoms with Gasteiger partial charge in [0.25, 0.3) is 5.79 Å². The number of hydrogen-bond donors (Lipinski definition) is 1. The van der Waals surface area contributed by atoms with Crippen LogP contribution in [0, 0.1) is 0 Å². The van der Waals surface area contributed by atoms with Gasteiger partial charge < -0.3 is 14.6 Å². The minimum absolute atomic E-state index is 0.398. The molecule has 1 saturated heterocycles. The first kappa shape index (κ1) is 9.57. The molecule has 1 aliphatic heterocycles. The lowest BCUT2D eigenvalue weighted by Gasteiger charge is -2.29. The molecule has 1 aliphatic rings. The molecule has 5 heteroatoms. The molecule has 0 bridgehead atoms. The van der Waals surface area contributed by atoms with Crippen LogP contribution in [0.25, 0.3) is 0 Å². The molecule has 0 aromatic rings. The molecule has 1 heterocycles. The molecular weight excluding hydrogens is 176 g/mol. The van der Waals surface area contributed by atoms with Gasteiger partial charge in [0.15, 0.2) is 5.57 Å². The van der Waals surface area contributed by atoms with Crippen LogP contribution in [0.2, 0.25) is 0 Å². The number of esters is 2. The quantitative estimate of drug-likeness (QED) is 0.260. The predicted molar refractivity (Wildman–Crippen MR) is 41.6 cm³/mol. The van der Waals surface area contributed by atoms with E-state index in [-0.39, 0.29) is 0 Å². The highest BCUT2D eigenvalue weighted by Gasteiger charge is 2.40. The van der Waals surface area contributed by atoms with E-state index in [9.17, 15) is 9.59 Å². The number of aliphatic hydroxyl groups is 1. The highest BCUT2D eigenvalue weighted by Crippen LogP contribution is 2.23. The van der Waals surface area contributed by atoms with Crippen LogP contribution < -0.4 is 0 Å². The number of ether oxygens (including phenoxy) is 2. The molecule has 5 nitrogen and oxygen atoms in total. The molecule has 72 valence electrons. The molecule has 0 radical (unpaired) electrons. The van der Waals surface area contributed by atoms with Gasteiger partial charge in [-0.05, 0) is 6.92 Å². The summed E-state index contributed by atoms with van der Waals surface area (Å²) in [5.41, 5.74) is -0.445. The summed E-state index contributed by atoms with van der Waals surface area (Å²) in [6.45, 7) is 4.09. The van der Waals surface area contributed by atoms with E-state index in [1.807, 2.05) is 0 Å². The van der Waals surface area contributed by atoms with Crippen LogP contribution in [0.4, 0.5) is 0 Å². The predicted octanol–water partition coefficient (Wildman–Crippen LogP) is 0.654. The van der Waals surface area contributed by atoms with Gasteiger partial charge >= 0.3 is 11.9 Å². The third-order valence-electron chi connectivity index (χ3n) is 1.45. The first-order valence-corrected chi connectivity index (χ1v) is 3.70. The van der Waals surface area contributed by atoms with Crippen molar-refractivity contribution in [2.75, 3.05) is 0 Å². The van der Waals surface area contributed by atoms with Gasteiger partial charge in [0.2, 0.25) is 0 Å². The van der Waals surface area contributed by atoms with Crippen molar-refractivity contribution < 1.29 is 24.2 Å². The Morgan fingerprint density at radius 3 is 1.92 bits per heavy atom. The van der Waals surface area contributed by atoms with Crippen LogP contribution in [0.15, 0.2) is 11.3 Å². The molecule has 13 heavy (non-hydrogen) atoms. The molecule has 0 aromatic carbocycles. The lowest BCUT2D eigenvalue weighted by Crippen LogP contribution is -2.42. The van der Waals surface area contributed by atoms with Crippen LogP contribution in [0.3, 0.4) is 0 Å². The fraction of sp³-hybridized carbons (Fsp3) is 0.500. The van der Waals surface area contributed by atoms with Gasteiger partial charge in [-0.1, -0.05) is 0 Å². The summed E-state index contributed by atoms with van der Waals surface area (Å²) in [7, 11) is 0. The molecule has 0 unspecified atom stereocenters. The van der Waals surface area contributed by atoms with E-state index in [0.717, 1.165) is 0 Å². The summed E-state index contributed by atoms with van der Waals surface area (Å²) in [6, 6.07) is 0. The van der Waals surface area contributed by atoms with Crippen molar-refractivity contribution in [3.8, 4) is 0 Å². The molecule has 1 fully saturated rings. The summed E-state index contributed by atoms with van der Waals surface area (Å²) in [5.74, 6) is -3.37. The molecule has 0 aromatic heterocycles. The maximum Gasteiger partial charge on any atom is 0.352 e. The molecule has 1 N–H and O–H groups in total. The van der Waals surface area contributed by atoms with Crippen LogP contribution >= 0.6 is 0 Å². The second kappa shape index (κ2) is 2.76. The van der Waals surface area contributed by atoms with Crippen molar-refractivity contribution >= 4 is 11.9 Å². The monoisotopic (exact) mass is 186 g/mol. The van der Waals surface area contributed by atoms with Crippen molar-refractivity contribution in [1.29, 1.82) is 0 Å². The Labute approximate surface area is 74.9 Å². The number of hydrogen-bond acceptors (Lipinski definition) is 5. The van der Waals surface area contributed by atoms with E-state index >= 15 is 0 Å². The van der Waals surface area contributed by atoms with Crippen LogP contribution in [-0.2, 0) is 19.1 Å². The van der Waals surface area contributed by atoms with Crippen molar-refractivity contribution in [3.63, 3.8) is 0 Å². The summed E-state index contributed by atoms with van der Waals surface area (Å²) < 4.78 is 9.44. The zero-order valence-electron chi connectivity index (χ0n) is 7.58. The fourth-order valence-electron chi connectivity index (χ4n) is 0.948. The SMILES string of the molecule is CC(O)=C1C(=O)OC(C)(C)OC1=O. The summed E-state index contributed by atoms with van der Waals surface area (Å²) in [6.07, 6.45) is 0. The number of carbonyl (C=O) groups excluding carboxylic acids is 2. The molecule has 0 atom stereocenters. The van der Waals surface area contributed by atoms with Crippen molar-refractivity contribution in [2.24, 2.45) is 0 Å². The number of carbonyl (C=O) groups is 2. The Hall–Kier alpha value is -1.52. The van der Waals surface area contributed by atoms with Crippen LogP contribution in [-0.4, -0.2) is 22.8 Å². The van der Waals surface area contributed by atoms with E-state index in [1.54, 1.807) is 0 Å². The van der Waals surface area contributed by atoms with Gasteiger partial charge in [0, 0.05) is 13.8 Å². The highest BCUT2D eigenvalue weighted by atomic mass is 16.7. The van der Waals surface area contributed by atoms with Crippen molar-refractivity contribution in [1.82, 2.24) is 0 Å². The van der Waals surface area contributed by atoms with Gasteiger partial charge in [-0.2, -0.15) is 0 Å². The third-order valence-corrected chi connectivity index (χ3v) is 1.45. The molecule has 0 spiro atoms. The van der Waals surface area contributed by atoms with Crippen LogP contribution in [0.5, 0.6) is 0 Å². The van der Waals surface area contributed by atoms with Gasteiger partial charge in [-0.25, -0.2) is 9.59 Å². The average Bonchev–Trinajstić information content (AvgIpc) is 1.78. The van der Waals surface area contributed by atoms with Crippen LogP contribution in [0.1, 0.15) is 20.8 Å². The number of rotatable bonds is 0. The second-order valence-corrected chi connectivity index (χ2v) is 3.14. The van der Waals surface area contributed by atoms with E-state index in [4.69, 9.17) is 14.6 Å². The minimum Gasteiger partial charge on any atom is -0.511 e. The molecule has 1 rings (SSSR count). The Kier molecular flexibility index (Phi) is 2.03. The molecule has 0 amide bonds. The Balaban J connectivity index is 3.04. The maximum atomic E-state index is 11.1. The number of cyclic esters (lactones) is 2. The second-order valence-electron chi connectivity index (χ2n) is 3.14. The normalized spacial score (nSPS) is 20.7. The van der Waals surface area contributed by atoms with Gasteiger partial charge in [-0.15, -0.1) is 0 Å². The largest absolute Gasteiger partial charge is 0.511 e. The summed E-state index contributed by atoms with van der Waals surface area (Å²) >= 11 is 0. The topological polar surface area (TPSA) is 72.8 Å². The molecule has 0 saturated carbocycles. The summed E-state index contributed by atoms with van der Waals surface area (Å²) in [5, 5.41) is 8.97. The highest BCUT2D eigenvalue weighted by molar-refractivity contribution is 6.15.